The van der Waals surface area contributed by atoms with Gasteiger partial charge >= 0.3 is 0 Å². The molecule has 0 aliphatic carbocycles. The van der Waals surface area contributed by atoms with E-state index in [2.05, 4.69) is 19.8 Å². The number of hydrogen-bond donors (Lipinski definition) is 1. The van der Waals surface area contributed by atoms with Crippen LogP contribution in [0.25, 0.3) is 28.0 Å². The molecule has 33 heavy (non-hydrogen) atoms. The zero-order valence-electron chi connectivity index (χ0n) is 18.4. The number of anilines is 1. The van der Waals surface area contributed by atoms with E-state index in [4.69, 9.17) is 0 Å². The molecule has 166 valence electrons. The molecule has 5 rings (SSSR count). The molecule has 1 N–H and O–H groups in total. The first-order valence-corrected chi connectivity index (χ1v) is 11.8. The lowest BCUT2D eigenvalue weighted by atomic mass is 10.00. The minimum Gasteiger partial charge on any atom is -0.301 e. The number of para-hydroxylation sites is 1. The third-order valence-corrected chi connectivity index (χ3v) is 6.80. The average Bonchev–Trinajstić information content (AvgIpc) is 3.40. The lowest BCUT2D eigenvalue weighted by molar-refractivity contribution is 0.600. The first-order valence-electron chi connectivity index (χ1n) is 10.4. The Morgan fingerprint density at radius 2 is 1.70 bits per heavy atom. The molecule has 3 aromatic heterocycles. The van der Waals surface area contributed by atoms with Gasteiger partial charge in [-0.25, -0.2) is 18.1 Å². The molecule has 5 aromatic rings. The van der Waals surface area contributed by atoms with Crippen LogP contribution in [0.15, 0.2) is 78.1 Å². The molecular formula is C24H22N6O2S. The van der Waals surface area contributed by atoms with Crippen molar-refractivity contribution in [1.29, 1.82) is 0 Å². The number of nitrogens with one attached hydrogen (secondary N) is 1. The van der Waals surface area contributed by atoms with Gasteiger partial charge in [-0.15, -0.1) is 0 Å². The number of hydrogen-bond acceptors (Lipinski definition) is 5. The van der Waals surface area contributed by atoms with Gasteiger partial charge in [0, 0.05) is 31.1 Å². The van der Waals surface area contributed by atoms with Crippen molar-refractivity contribution in [3.63, 3.8) is 0 Å². The second kappa shape index (κ2) is 7.86. The molecule has 0 spiro atoms. The predicted octanol–water partition coefficient (Wildman–Crippen LogP) is 4.24. The quantitative estimate of drug-likeness (QED) is 0.425. The summed E-state index contributed by atoms with van der Waals surface area (Å²) in [5.41, 5.74) is 4.62. The highest BCUT2D eigenvalue weighted by atomic mass is 32.2. The summed E-state index contributed by atoms with van der Waals surface area (Å²) in [6.07, 6.45) is 4.64. The van der Waals surface area contributed by atoms with Crippen LogP contribution in [0.5, 0.6) is 0 Å². The lowest BCUT2D eigenvalue weighted by Crippen LogP contribution is -2.16. The summed E-state index contributed by atoms with van der Waals surface area (Å²) in [4.78, 5) is 9.19. The summed E-state index contributed by atoms with van der Waals surface area (Å²) in [6.45, 7) is 4.02. The van der Waals surface area contributed by atoms with E-state index in [0.29, 0.717) is 11.5 Å². The molecule has 0 aliphatic heterocycles. The Morgan fingerprint density at radius 1 is 0.939 bits per heavy atom. The van der Waals surface area contributed by atoms with Crippen LogP contribution in [0.3, 0.4) is 0 Å². The highest BCUT2D eigenvalue weighted by Gasteiger charge is 2.20. The fourth-order valence-corrected chi connectivity index (χ4v) is 4.88. The van der Waals surface area contributed by atoms with E-state index in [1.807, 2.05) is 79.2 Å². The predicted molar refractivity (Wildman–Crippen MR) is 128 cm³/mol. The Hall–Kier alpha value is -3.98. The lowest BCUT2D eigenvalue weighted by Gasteiger charge is -2.14. The van der Waals surface area contributed by atoms with E-state index in [-0.39, 0.29) is 10.8 Å². The molecule has 0 fully saturated rings. The van der Waals surface area contributed by atoms with Crippen molar-refractivity contribution in [3.05, 3.63) is 84.3 Å². The minimum absolute atomic E-state index is 0.00760. The van der Waals surface area contributed by atoms with E-state index in [1.54, 1.807) is 7.05 Å². The Kier molecular flexibility index (Phi) is 4.98. The first-order chi connectivity index (χ1) is 15.8. The molecule has 8 nitrogen and oxygen atoms in total. The third kappa shape index (κ3) is 3.87. The van der Waals surface area contributed by atoms with Gasteiger partial charge in [0.1, 0.15) is 10.7 Å². The van der Waals surface area contributed by atoms with Crippen molar-refractivity contribution < 1.29 is 8.42 Å². The van der Waals surface area contributed by atoms with Crippen LogP contribution in [0.2, 0.25) is 0 Å². The van der Waals surface area contributed by atoms with Gasteiger partial charge < -0.3 is 4.57 Å². The van der Waals surface area contributed by atoms with Gasteiger partial charge in [-0.2, -0.15) is 10.1 Å². The Balaban J connectivity index is 1.70. The van der Waals surface area contributed by atoms with Crippen LogP contribution in [-0.2, 0) is 17.1 Å². The van der Waals surface area contributed by atoms with Crippen LogP contribution in [0, 0.1) is 13.8 Å². The van der Waals surface area contributed by atoms with Crippen LogP contribution in [0.1, 0.15) is 11.1 Å². The molecule has 3 heterocycles. The van der Waals surface area contributed by atoms with Crippen molar-refractivity contribution in [2.24, 2.45) is 7.05 Å². The van der Waals surface area contributed by atoms with Crippen molar-refractivity contribution in [1.82, 2.24) is 24.3 Å². The number of benzene rings is 2. The number of fused-ring (bicyclic) bond motifs is 1. The zero-order valence-corrected chi connectivity index (χ0v) is 19.2. The number of sulfonamides is 1. The molecule has 0 radical (unpaired) electrons. The monoisotopic (exact) mass is 458 g/mol. The topological polar surface area (TPSA) is 94.7 Å². The Bertz CT molecular complexity index is 1580. The highest BCUT2D eigenvalue weighted by molar-refractivity contribution is 7.92. The van der Waals surface area contributed by atoms with Gasteiger partial charge in [-0.1, -0.05) is 36.4 Å². The second-order valence-electron chi connectivity index (χ2n) is 7.90. The van der Waals surface area contributed by atoms with E-state index >= 15 is 0 Å². The third-order valence-electron chi connectivity index (χ3n) is 5.51. The van der Waals surface area contributed by atoms with Gasteiger partial charge in [0.15, 0.2) is 0 Å². The fraction of sp³-hybridized carbons (Fsp3) is 0.125. The van der Waals surface area contributed by atoms with Gasteiger partial charge in [-0.05, 0) is 42.5 Å². The van der Waals surface area contributed by atoms with E-state index in [9.17, 15) is 8.42 Å². The highest BCUT2D eigenvalue weighted by Crippen LogP contribution is 2.29. The molecule has 9 heteroatoms. The molecule has 0 amide bonds. The number of aromatic nitrogens is 5. The molecule has 0 atom stereocenters. The van der Waals surface area contributed by atoms with Crippen molar-refractivity contribution in [2.75, 3.05) is 4.72 Å². The Morgan fingerprint density at radius 3 is 2.42 bits per heavy atom. The zero-order chi connectivity index (χ0) is 23.2. The second-order valence-corrected chi connectivity index (χ2v) is 9.58. The van der Waals surface area contributed by atoms with E-state index in [0.717, 1.165) is 27.6 Å². The van der Waals surface area contributed by atoms with Crippen LogP contribution >= 0.6 is 0 Å². The number of aryl methyl sites for hydroxylation is 3. The van der Waals surface area contributed by atoms with Gasteiger partial charge in [0.05, 0.1) is 17.4 Å². The summed E-state index contributed by atoms with van der Waals surface area (Å²) >= 11 is 0. The molecular weight excluding hydrogens is 436 g/mol. The molecule has 0 unspecified atom stereocenters. The summed E-state index contributed by atoms with van der Waals surface area (Å²) in [7, 11) is -2.25. The number of rotatable bonds is 5. The molecule has 0 bridgehead atoms. The van der Waals surface area contributed by atoms with E-state index in [1.165, 1.54) is 17.1 Å². The van der Waals surface area contributed by atoms with Crippen molar-refractivity contribution in [3.8, 4) is 17.1 Å². The maximum Gasteiger partial charge on any atom is 0.267 e. The summed E-state index contributed by atoms with van der Waals surface area (Å²) in [6, 6.07) is 17.8. The van der Waals surface area contributed by atoms with Gasteiger partial charge in [0.2, 0.25) is 5.95 Å². The molecule has 0 saturated carbocycles. The minimum atomic E-state index is -3.91. The van der Waals surface area contributed by atoms with Crippen molar-refractivity contribution in [2.45, 2.75) is 18.7 Å². The fourth-order valence-electron chi connectivity index (χ4n) is 3.95. The maximum atomic E-state index is 13.0. The summed E-state index contributed by atoms with van der Waals surface area (Å²) in [5.74, 6) is 0.555. The van der Waals surface area contributed by atoms with Crippen LogP contribution in [-0.4, -0.2) is 32.7 Å². The molecule has 0 aliphatic rings. The maximum absolute atomic E-state index is 13.0. The summed E-state index contributed by atoms with van der Waals surface area (Å²) in [5, 5.41) is 5.02. The SMILES string of the molecule is Cc1cccc(C)c1-c1cc(-n2ccc3ccccc32)nc(NS(=O)(=O)c2cnn(C)c2)n1. The van der Waals surface area contributed by atoms with Crippen LogP contribution < -0.4 is 4.72 Å². The van der Waals surface area contributed by atoms with Gasteiger partial charge in [0.25, 0.3) is 10.0 Å². The van der Waals surface area contributed by atoms with Crippen molar-refractivity contribution >= 4 is 26.9 Å². The number of nitrogens with zero attached hydrogens (tertiary/aromatic N) is 5. The standard InChI is InChI=1S/C24H22N6O2S/c1-16-7-6-8-17(2)23(16)20-13-22(30-12-11-18-9-4-5-10-21(18)30)27-24(26-20)28-33(31,32)19-14-25-29(3)15-19/h4-15H,1-3H3,(H,26,27,28). The van der Waals surface area contributed by atoms with Gasteiger partial charge in [-0.3, -0.25) is 4.68 Å². The van der Waals surface area contributed by atoms with Crippen LogP contribution in [0.4, 0.5) is 5.95 Å². The smallest absolute Gasteiger partial charge is 0.267 e. The molecule has 0 saturated heterocycles. The molecule has 2 aromatic carbocycles. The first kappa shape index (κ1) is 20.9. The normalized spacial score (nSPS) is 11.7. The largest absolute Gasteiger partial charge is 0.301 e. The Labute approximate surface area is 191 Å². The van der Waals surface area contributed by atoms with E-state index < -0.39 is 10.0 Å². The average molecular weight is 459 g/mol. The summed E-state index contributed by atoms with van der Waals surface area (Å²) < 4.78 is 31.8.